The second-order valence-corrected chi connectivity index (χ2v) is 12.9. The van der Waals surface area contributed by atoms with Gasteiger partial charge in [0.05, 0.1) is 5.56 Å². The minimum absolute atomic E-state index is 0.0462. The number of thiophene rings is 1. The molecule has 4 nitrogen and oxygen atoms in total. The van der Waals surface area contributed by atoms with Gasteiger partial charge >= 0.3 is 0 Å². The molecule has 1 atom stereocenters. The zero-order valence-electron chi connectivity index (χ0n) is 19.6. The molecular weight excluding hydrogens is 446 g/mol. The minimum atomic E-state index is 0.0462. The lowest BCUT2D eigenvalue weighted by molar-refractivity contribution is -0.0688. The molecule has 2 aromatic heterocycles. The van der Waals surface area contributed by atoms with E-state index >= 15 is 0 Å². The molecule has 0 spiro atoms. The Morgan fingerprint density at radius 2 is 1.76 bits per heavy atom. The summed E-state index contributed by atoms with van der Waals surface area (Å²) in [6, 6.07) is 8.17. The number of hydrogen-bond acceptors (Lipinski definition) is 5. The smallest absolute Gasteiger partial charge is 0.252 e. The third-order valence-corrected chi connectivity index (χ3v) is 10.8. The predicted molar refractivity (Wildman–Crippen MR) is 135 cm³/mol. The maximum absolute atomic E-state index is 13.5. The second kappa shape index (κ2) is 8.09. The largest absolute Gasteiger partial charge is 0.349 e. The highest BCUT2D eigenvalue weighted by atomic mass is 32.2. The van der Waals surface area contributed by atoms with E-state index in [1.807, 2.05) is 24.3 Å². The van der Waals surface area contributed by atoms with Crippen LogP contribution in [0.5, 0.6) is 0 Å². The number of carbonyl (C=O) groups is 1. The second-order valence-electron chi connectivity index (χ2n) is 10.7. The van der Waals surface area contributed by atoms with Gasteiger partial charge in [-0.15, -0.1) is 11.3 Å². The summed E-state index contributed by atoms with van der Waals surface area (Å²) in [6.07, 6.45) is 9.81. The van der Waals surface area contributed by atoms with Crippen LogP contribution in [0.3, 0.4) is 0 Å². The fourth-order valence-corrected chi connectivity index (χ4v) is 9.35. The summed E-state index contributed by atoms with van der Waals surface area (Å²) in [5, 5.41) is 5.49. The van der Waals surface area contributed by atoms with Crippen LogP contribution in [0, 0.1) is 37.0 Å². The number of nitrogens with one attached hydrogen (secondary N) is 1. The molecule has 3 aromatic rings. The van der Waals surface area contributed by atoms with Crippen LogP contribution in [0.4, 0.5) is 0 Å². The molecule has 7 rings (SSSR count). The van der Waals surface area contributed by atoms with E-state index in [9.17, 15) is 4.79 Å². The molecule has 2 heterocycles. The van der Waals surface area contributed by atoms with E-state index in [1.165, 1.54) is 49.0 Å². The highest BCUT2D eigenvalue weighted by Crippen LogP contribution is 2.61. The molecule has 1 amide bonds. The Kier molecular flexibility index (Phi) is 5.29. The molecule has 0 aliphatic heterocycles. The standard InChI is InChI=1S/C27H31N3OS2/c1-15-16(2)32-25-23(15)26(29-14-28-25)33-22-7-5-4-6-21(22)24(31)30-17(3)27-11-18-8-19(12-27)10-20(9-18)13-27/h4-7,14,17-20H,8-13H2,1-3H3,(H,30,31). The summed E-state index contributed by atoms with van der Waals surface area (Å²) in [6.45, 7) is 6.52. The van der Waals surface area contributed by atoms with Gasteiger partial charge in [0.15, 0.2) is 0 Å². The molecule has 0 saturated heterocycles. The number of benzene rings is 1. The molecule has 33 heavy (non-hydrogen) atoms. The molecule has 4 aliphatic rings. The molecule has 1 N–H and O–H groups in total. The molecule has 4 bridgehead atoms. The average Bonchev–Trinajstić information content (AvgIpc) is 3.07. The third-order valence-electron chi connectivity index (χ3n) is 8.62. The van der Waals surface area contributed by atoms with Gasteiger partial charge in [0.25, 0.3) is 5.91 Å². The quantitative estimate of drug-likeness (QED) is 0.411. The number of aromatic nitrogens is 2. The first-order valence-electron chi connectivity index (χ1n) is 12.2. The summed E-state index contributed by atoms with van der Waals surface area (Å²) in [4.78, 5) is 25.8. The van der Waals surface area contributed by atoms with E-state index in [0.29, 0.717) is 5.41 Å². The number of fused-ring (bicyclic) bond motifs is 1. The number of hydrogen-bond donors (Lipinski definition) is 1. The minimum Gasteiger partial charge on any atom is -0.349 e. The van der Waals surface area contributed by atoms with Crippen LogP contribution in [-0.2, 0) is 0 Å². The van der Waals surface area contributed by atoms with Crippen LogP contribution >= 0.6 is 23.1 Å². The maximum Gasteiger partial charge on any atom is 0.252 e. The molecule has 0 radical (unpaired) electrons. The number of aryl methyl sites for hydroxylation is 2. The fourth-order valence-electron chi connectivity index (χ4n) is 7.21. The Morgan fingerprint density at radius 1 is 1.09 bits per heavy atom. The van der Waals surface area contributed by atoms with Gasteiger partial charge in [-0.25, -0.2) is 9.97 Å². The Morgan fingerprint density at radius 3 is 2.45 bits per heavy atom. The monoisotopic (exact) mass is 477 g/mol. The molecule has 6 heteroatoms. The first kappa shape index (κ1) is 21.6. The Hall–Kier alpha value is -1.92. The normalized spacial score (nSPS) is 28.9. The van der Waals surface area contributed by atoms with Gasteiger partial charge in [-0.05, 0) is 100 Å². The van der Waals surface area contributed by atoms with Crippen LogP contribution in [-0.4, -0.2) is 21.9 Å². The van der Waals surface area contributed by atoms with E-state index in [0.717, 1.165) is 43.5 Å². The van der Waals surface area contributed by atoms with Gasteiger partial charge in [-0.2, -0.15) is 0 Å². The van der Waals surface area contributed by atoms with Crippen molar-refractivity contribution < 1.29 is 4.79 Å². The summed E-state index contributed by atoms with van der Waals surface area (Å²) < 4.78 is 0. The summed E-state index contributed by atoms with van der Waals surface area (Å²) >= 11 is 3.29. The highest BCUT2D eigenvalue weighted by molar-refractivity contribution is 7.99. The van der Waals surface area contributed by atoms with Crippen molar-refractivity contribution in [3.63, 3.8) is 0 Å². The number of nitrogens with zero attached hydrogens (tertiary/aromatic N) is 2. The van der Waals surface area contributed by atoms with Crippen LogP contribution in [0.15, 0.2) is 40.5 Å². The van der Waals surface area contributed by atoms with Crippen molar-refractivity contribution >= 4 is 39.2 Å². The predicted octanol–water partition coefficient (Wildman–Crippen LogP) is 6.79. The van der Waals surface area contributed by atoms with Crippen molar-refractivity contribution in [2.45, 2.75) is 75.3 Å². The summed E-state index contributed by atoms with van der Waals surface area (Å²) in [5.41, 5.74) is 2.28. The molecule has 4 aliphatic carbocycles. The van der Waals surface area contributed by atoms with Crippen molar-refractivity contribution in [2.75, 3.05) is 0 Å². The lowest BCUT2D eigenvalue weighted by Crippen LogP contribution is -2.55. The number of carbonyl (C=O) groups excluding carboxylic acids is 1. The topological polar surface area (TPSA) is 54.9 Å². The van der Waals surface area contributed by atoms with Gasteiger partial charge in [0.2, 0.25) is 0 Å². The third kappa shape index (κ3) is 3.70. The van der Waals surface area contributed by atoms with E-state index in [2.05, 4.69) is 36.1 Å². The lowest BCUT2D eigenvalue weighted by atomic mass is 9.48. The average molecular weight is 478 g/mol. The van der Waals surface area contributed by atoms with Crippen LogP contribution in [0.2, 0.25) is 0 Å². The first-order valence-corrected chi connectivity index (χ1v) is 13.8. The summed E-state index contributed by atoms with van der Waals surface area (Å²) in [7, 11) is 0. The highest BCUT2D eigenvalue weighted by Gasteiger charge is 2.53. The lowest BCUT2D eigenvalue weighted by Gasteiger charge is -2.59. The van der Waals surface area contributed by atoms with Crippen molar-refractivity contribution in [1.29, 1.82) is 0 Å². The Bertz CT molecular complexity index is 1200. The van der Waals surface area contributed by atoms with E-state index < -0.39 is 0 Å². The maximum atomic E-state index is 13.5. The van der Waals surface area contributed by atoms with Crippen molar-refractivity contribution in [3.05, 3.63) is 46.6 Å². The van der Waals surface area contributed by atoms with Crippen molar-refractivity contribution in [1.82, 2.24) is 15.3 Å². The van der Waals surface area contributed by atoms with Crippen LogP contribution in [0.25, 0.3) is 10.2 Å². The Labute approximate surface area is 204 Å². The molecule has 172 valence electrons. The zero-order valence-corrected chi connectivity index (χ0v) is 21.2. The van der Waals surface area contributed by atoms with Gasteiger partial charge in [0.1, 0.15) is 16.2 Å². The SMILES string of the molecule is Cc1sc2ncnc(Sc3ccccc3C(=O)NC(C)C34CC5CC(CC(C5)C3)C4)c2c1C. The van der Waals surface area contributed by atoms with Crippen LogP contribution < -0.4 is 5.32 Å². The molecule has 4 fully saturated rings. The Balaban J connectivity index is 1.26. The molecule has 1 unspecified atom stereocenters. The summed E-state index contributed by atoms with van der Waals surface area (Å²) in [5.74, 6) is 2.70. The zero-order chi connectivity index (χ0) is 22.7. The first-order chi connectivity index (χ1) is 15.9. The van der Waals surface area contributed by atoms with Crippen molar-refractivity contribution in [3.8, 4) is 0 Å². The van der Waals surface area contributed by atoms with Crippen LogP contribution in [0.1, 0.15) is 66.2 Å². The van der Waals surface area contributed by atoms with Gasteiger partial charge in [-0.3, -0.25) is 4.79 Å². The molecule has 1 aromatic carbocycles. The van der Waals surface area contributed by atoms with E-state index in [1.54, 1.807) is 29.4 Å². The van der Waals surface area contributed by atoms with E-state index in [4.69, 9.17) is 0 Å². The molecule has 4 saturated carbocycles. The van der Waals surface area contributed by atoms with Gasteiger partial charge in [0, 0.05) is 21.2 Å². The van der Waals surface area contributed by atoms with Gasteiger partial charge < -0.3 is 5.32 Å². The van der Waals surface area contributed by atoms with Gasteiger partial charge in [-0.1, -0.05) is 23.9 Å². The number of rotatable bonds is 5. The van der Waals surface area contributed by atoms with E-state index in [-0.39, 0.29) is 11.9 Å². The molecular formula is C27H31N3OS2. The number of amides is 1. The van der Waals surface area contributed by atoms with Crippen molar-refractivity contribution in [2.24, 2.45) is 23.2 Å². The fraction of sp³-hybridized carbons (Fsp3) is 0.519.